The maximum Gasteiger partial charge on any atom is 0.221 e. The summed E-state index contributed by atoms with van der Waals surface area (Å²) in [5.41, 5.74) is 1.54. The molecule has 0 fully saturated rings. The number of fused-ring (bicyclic) bond motifs is 1. The second-order valence-corrected chi connectivity index (χ2v) is 5.17. The zero-order valence-electron chi connectivity index (χ0n) is 9.71. The first-order valence-corrected chi connectivity index (χ1v) is 6.29. The second kappa shape index (κ2) is 5.00. The SMILES string of the molecule is C/C(F)=C\C=C(/C)c1cc2c(o1)=NCC(Br)C=2. The first-order chi connectivity index (χ1) is 8.06. The van der Waals surface area contributed by atoms with Crippen LogP contribution < -0.4 is 10.8 Å². The molecule has 90 valence electrons. The number of furan rings is 1. The normalized spacial score (nSPS) is 20.6. The van der Waals surface area contributed by atoms with Gasteiger partial charge in [0.05, 0.1) is 17.2 Å². The molecule has 1 unspecified atom stereocenters. The number of hydrogen-bond donors (Lipinski definition) is 0. The van der Waals surface area contributed by atoms with Crippen molar-refractivity contribution in [2.24, 2.45) is 4.99 Å². The number of halogens is 2. The average Bonchev–Trinajstić information content (AvgIpc) is 2.68. The smallest absolute Gasteiger partial charge is 0.221 e. The summed E-state index contributed by atoms with van der Waals surface area (Å²) in [6, 6.07) is 1.93. The van der Waals surface area contributed by atoms with Gasteiger partial charge >= 0.3 is 0 Å². The van der Waals surface area contributed by atoms with Gasteiger partial charge in [0.1, 0.15) is 5.76 Å². The number of allylic oxidation sites excluding steroid dienone is 4. The van der Waals surface area contributed by atoms with E-state index in [-0.39, 0.29) is 10.7 Å². The summed E-state index contributed by atoms with van der Waals surface area (Å²) >= 11 is 3.49. The maximum absolute atomic E-state index is 12.6. The highest BCUT2D eigenvalue weighted by Gasteiger charge is 2.09. The van der Waals surface area contributed by atoms with E-state index in [0.717, 1.165) is 16.6 Å². The molecule has 2 heterocycles. The first kappa shape index (κ1) is 12.3. The van der Waals surface area contributed by atoms with Gasteiger partial charge in [-0.1, -0.05) is 28.1 Å². The summed E-state index contributed by atoms with van der Waals surface area (Å²) in [5, 5.41) is 0.988. The average molecular weight is 298 g/mol. The summed E-state index contributed by atoms with van der Waals surface area (Å²) in [6.07, 6.45) is 5.19. The summed E-state index contributed by atoms with van der Waals surface area (Å²) in [7, 11) is 0. The zero-order valence-corrected chi connectivity index (χ0v) is 11.3. The van der Waals surface area contributed by atoms with Crippen molar-refractivity contribution in [2.45, 2.75) is 18.7 Å². The Labute approximate surface area is 107 Å². The Balaban J connectivity index is 2.41. The van der Waals surface area contributed by atoms with Crippen molar-refractivity contribution in [1.29, 1.82) is 0 Å². The highest BCUT2D eigenvalue weighted by atomic mass is 79.9. The molecule has 1 aromatic rings. The van der Waals surface area contributed by atoms with E-state index < -0.39 is 0 Å². The van der Waals surface area contributed by atoms with Crippen molar-refractivity contribution in [2.75, 3.05) is 6.54 Å². The van der Waals surface area contributed by atoms with E-state index in [1.54, 1.807) is 6.08 Å². The molecule has 1 aliphatic rings. The van der Waals surface area contributed by atoms with E-state index in [1.165, 1.54) is 13.0 Å². The highest BCUT2D eigenvalue weighted by Crippen LogP contribution is 2.12. The fourth-order valence-electron chi connectivity index (χ4n) is 1.57. The Morgan fingerprint density at radius 3 is 3.00 bits per heavy atom. The summed E-state index contributed by atoms with van der Waals surface area (Å²) in [6.45, 7) is 3.98. The third kappa shape index (κ3) is 2.94. The molecule has 1 aliphatic heterocycles. The molecule has 0 spiro atoms. The minimum Gasteiger partial charge on any atom is -0.438 e. The van der Waals surface area contributed by atoms with Gasteiger partial charge in [-0.15, -0.1) is 0 Å². The topological polar surface area (TPSA) is 25.5 Å². The Kier molecular flexibility index (Phi) is 3.62. The van der Waals surface area contributed by atoms with Gasteiger partial charge in [0.2, 0.25) is 5.55 Å². The Hall–Kier alpha value is -1.16. The number of hydrogen-bond acceptors (Lipinski definition) is 2. The molecule has 0 saturated carbocycles. The predicted octanol–water partition coefficient (Wildman–Crippen LogP) is 2.73. The largest absolute Gasteiger partial charge is 0.438 e. The fraction of sp³-hybridized carbons (Fsp3) is 0.308. The lowest BCUT2D eigenvalue weighted by Crippen LogP contribution is -2.27. The van der Waals surface area contributed by atoms with Crippen molar-refractivity contribution in [3.8, 4) is 0 Å². The first-order valence-electron chi connectivity index (χ1n) is 5.37. The molecule has 1 aromatic heterocycles. The van der Waals surface area contributed by atoms with Crippen LogP contribution in [0.2, 0.25) is 0 Å². The summed E-state index contributed by atoms with van der Waals surface area (Å²) in [5.74, 6) is 0.506. The minimum atomic E-state index is -0.225. The molecule has 0 aromatic carbocycles. The molecule has 1 atom stereocenters. The van der Waals surface area contributed by atoms with Crippen LogP contribution in [-0.2, 0) is 0 Å². The van der Waals surface area contributed by atoms with Crippen LogP contribution in [0.15, 0.2) is 33.5 Å². The van der Waals surface area contributed by atoms with Gasteiger partial charge in [-0.3, -0.25) is 0 Å². The van der Waals surface area contributed by atoms with Crippen molar-refractivity contribution >= 4 is 27.6 Å². The third-order valence-corrected chi connectivity index (χ3v) is 3.02. The molecule has 0 N–H and O–H groups in total. The van der Waals surface area contributed by atoms with Gasteiger partial charge in [0.25, 0.3) is 0 Å². The molecule has 4 heteroatoms. The van der Waals surface area contributed by atoms with E-state index in [4.69, 9.17) is 4.42 Å². The standard InChI is InChI=1S/C13H13BrFNO/c1-8(3-4-9(2)15)12-6-10-5-11(14)7-16-13(10)17-12/h3-6,11H,7H2,1-2H3/b8-3+,9-4+. The zero-order chi connectivity index (χ0) is 12.4. The van der Waals surface area contributed by atoms with Crippen molar-refractivity contribution in [3.63, 3.8) is 0 Å². The lowest BCUT2D eigenvalue weighted by Gasteiger charge is -2.00. The third-order valence-electron chi connectivity index (χ3n) is 2.46. The molecular formula is C13H13BrFNO. The number of nitrogens with zero attached hydrogens (tertiary/aromatic N) is 1. The molecule has 0 bridgehead atoms. The minimum absolute atomic E-state index is 0.225. The molecule has 2 rings (SSSR count). The Morgan fingerprint density at radius 1 is 1.53 bits per heavy atom. The van der Waals surface area contributed by atoms with Crippen molar-refractivity contribution in [3.05, 3.63) is 40.6 Å². The van der Waals surface area contributed by atoms with Crippen molar-refractivity contribution < 1.29 is 8.81 Å². The van der Waals surface area contributed by atoms with Gasteiger partial charge in [0.15, 0.2) is 0 Å². The Morgan fingerprint density at radius 2 is 2.29 bits per heavy atom. The van der Waals surface area contributed by atoms with Crippen LogP contribution >= 0.6 is 15.9 Å². The lowest BCUT2D eigenvalue weighted by atomic mass is 10.2. The molecule has 0 aliphatic carbocycles. The Bertz CT molecular complexity index is 593. The predicted molar refractivity (Wildman–Crippen MR) is 70.1 cm³/mol. The van der Waals surface area contributed by atoms with Crippen LogP contribution in [0, 0.1) is 0 Å². The molecule has 0 radical (unpaired) electrons. The quantitative estimate of drug-likeness (QED) is 0.609. The van der Waals surface area contributed by atoms with E-state index >= 15 is 0 Å². The van der Waals surface area contributed by atoms with Crippen LogP contribution in [0.25, 0.3) is 11.6 Å². The van der Waals surface area contributed by atoms with Gasteiger partial charge in [0, 0.05) is 5.22 Å². The summed E-state index contributed by atoms with van der Waals surface area (Å²) < 4.78 is 18.2. The number of alkyl halides is 1. The van der Waals surface area contributed by atoms with Crippen LogP contribution in [-0.4, -0.2) is 11.4 Å². The van der Waals surface area contributed by atoms with Crippen molar-refractivity contribution in [1.82, 2.24) is 0 Å². The van der Waals surface area contributed by atoms with Gasteiger partial charge < -0.3 is 4.42 Å². The van der Waals surface area contributed by atoms with Crippen LogP contribution in [0.1, 0.15) is 19.6 Å². The van der Waals surface area contributed by atoms with Crippen LogP contribution in [0.5, 0.6) is 0 Å². The van der Waals surface area contributed by atoms with Gasteiger partial charge in [-0.2, -0.15) is 0 Å². The molecule has 0 amide bonds. The summed E-state index contributed by atoms with van der Waals surface area (Å²) in [4.78, 5) is 4.57. The van der Waals surface area contributed by atoms with E-state index in [0.29, 0.717) is 12.1 Å². The molecule has 0 saturated heterocycles. The highest BCUT2D eigenvalue weighted by molar-refractivity contribution is 9.09. The van der Waals surface area contributed by atoms with E-state index in [2.05, 4.69) is 27.0 Å². The lowest BCUT2D eigenvalue weighted by molar-refractivity contribution is 0.491. The van der Waals surface area contributed by atoms with Gasteiger partial charge in [-0.05, 0) is 31.6 Å². The fourth-order valence-corrected chi connectivity index (χ4v) is 2.00. The van der Waals surface area contributed by atoms with E-state index in [9.17, 15) is 4.39 Å². The second-order valence-electron chi connectivity index (χ2n) is 4.00. The number of rotatable bonds is 2. The molecule has 2 nitrogen and oxygen atoms in total. The molecular weight excluding hydrogens is 285 g/mol. The van der Waals surface area contributed by atoms with Gasteiger partial charge in [-0.25, -0.2) is 9.38 Å². The van der Waals surface area contributed by atoms with Crippen LogP contribution in [0.4, 0.5) is 4.39 Å². The van der Waals surface area contributed by atoms with E-state index in [1.807, 2.05) is 13.0 Å². The van der Waals surface area contributed by atoms with Crippen LogP contribution in [0.3, 0.4) is 0 Å². The molecule has 17 heavy (non-hydrogen) atoms. The monoisotopic (exact) mass is 297 g/mol. The maximum atomic E-state index is 12.6.